The van der Waals surface area contributed by atoms with Crippen LogP contribution in [0.1, 0.15) is 27.0 Å². The van der Waals surface area contributed by atoms with Gasteiger partial charge in [0.05, 0.1) is 12.7 Å². The third kappa shape index (κ3) is 6.57. The highest BCUT2D eigenvalue weighted by Crippen LogP contribution is 2.23. The summed E-state index contributed by atoms with van der Waals surface area (Å²) >= 11 is 0. The van der Waals surface area contributed by atoms with E-state index >= 15 is 0 Å². The summed E-state index contributed by atoms with van der Waals surface area (Å²) in [6, 6.07) is 21.2. The van der Waals surface area contributed by atoms with E-state index in [0.29, 0.717) is 5.56 Å². The molecule has 0 saturated carbocycles. The van der Waals surface area contributed by atoms with Gasteiger partial charge in [0.15, 0.2) is 0 Å². The molecule has 32 heavy (non-hydrogen) atoms. The zero-order chi connectivity index (χ0) is 22.9. The molecule has 3 aromatic carbocycles. The van der Waals surface area contributed by atoms with Gasteiger partial charge in [-0.05, 0) is 60.9 Å². The third-order valence-electron chi connectivity index (χ3n) is 4.76. The number of carbonyl (C=O) groups excluding carboxylic acids is 2. The first-order chi connectivity index (χ1) is 15.4. The summed E-state index contributed by atoms with van der Waals surface area (Å²) in [5.74, 6) is -0.112. The van der Waals surface area contributed by atoms with Crippen molar-refractivity contribution in [1.82, 2.24) is 0 Å². The molecule has 0 saturated heterocycles. The van der Waals surface area contributed by atoms with Crippen LogP contribution in [0.15, 0.2) is 72.8 Å². The minimum atomic E-state index is -0.494. The Labute approximate surface area is 188 Å². The van der Waals surface area contributed by atoms with Crippen molar-refractivity contribution in [3.05, 3.63) is 95.1 Å². The summed E-state index contributed by atoms with van der Waals surface area (Å²) in [6.45, 7) is 3.84. The van der Waals surface area contributed by atoms with Crippen molar-refractivity contribution in [2.75, 3.05) is 20.3 Å². The molecule has 0 atom stereocenters. The molecule has 0 fully saturated rings. The van der Waals surface area contributed by atoms with Gasteiger partial charge in [-0.25, -0.2) is 9.59 Å². The van der Waals surface area contributed by atoms with Crippen LogP contribution in [0, 0.1) is 13.8 Å². The normalized spacial score (nSPS) is 10.7. The Bertz CT molecular complexity index is 1080. The number of esters is 2. The van der Waals surface area contributed by atoms with Crippen molar-refractivity contribution < 1.29 is 23.8 Å². The molecule has 0 aromatic heterocycles. The van der Waals surface area contributed by atoms with Crippen LogP contribution in [0.3, 0.4) is 0 Å². The first-order valence-electron chi connectivity index (χ1n) is 10.3. The lowest BCUT2D eigenvalue weighted by atomic mass is 10.0. The Morgan fingerprint density at radius 2 is 1.34 bits per heavy atom. The predicted octanol–water partition coefficient (Wildman–Crippen LogP) is 5.39. The number of aryl methyl sites for hydroxylation is 2. The molecule has 0 bridgehead atoms. The van der Waals surface area contributed by atoms with E-state index < -0.39 is 11.9 Å². The van der Waals surface area contributed by atoms with E-state index in [9.17, 15) is 9.59 Å². The molecule has 0 radical (unpaired) electrons. The van der Waals surface area contributed by atoms with Crippen molar-refractivity contribution in [2.24, 2.45) is 0 Å². The highest BCUT2D eigenvalue weighted by molar-refractivity contribution is 5.90. The van der Waals surface area contributed by atoms with Crippen molar-refractivity contribution in [2.45, 2.75) is 13.8 Å². The van der Waals surface area contributed by atoms with E-state index in [4.69, 9.17) is 14.2 Å². The van der Waals surface area contributed by atoms with Gasteiger partial charge in [-0.1, -0.05) is 53.6 Å². The summed E-state index contributed by atoms with van der Waals surface area (Å²) in [6.07, 6.45) is 3.04. The Kier molecular flexibility index (Phi) is 7.81. The van der Waals surface area contributed by atoms with E-state index in [1.54, 1.807) is 25.3 Å². The molecular weight excluding hydrogens is 404 g/mol. The Balaban J connectivity index is 1.44. The molecule has 0 N–H and O–H groups in total. The third-order valence-corrected chi connectivity index (χ3v) is 4.76. The number of rotatable bonds is 8. The van der Waals surface area contributed by atoms with Crippen molar-refractivity contribution >= 4 is 18.0 Å². The van der Waals surface area contributed by atoms with Gasteiger partial charge in [-0.15, -0.1) is 0 Å². The lowest BCUT2D eigenvalue weighted by Crippen LogP contribution is -2.13. The monoisotopic (exact) mass is 430 g/mol. The molecule has 0 heterocycles. The van der Waals surface area contributed by atoms with Gasteiger partial charge in [0.1, 0.15) is 19.0 Å². The van der Waals surface area contributed by atoms with Crippen LogP contribution >= 0.6 is 0 Å². The van der Waals surface area contributed by atoms with Crippen molar-refractivity contribution in [3.63, 3.8) is 0 Å². The average molecular weight is 431 g/mol. The van der Waals surface area contributed by atoms with E-state index in [1.165, 1.54) is 6.08 Å². The molecule has 5 heteroatoms. The highest BCUT2D eigenvalue weighted by atomic mass is 16.6. The van der Waals surface area contributed by atoms with Crippen LogP contribution in [-0.4, -0.2) is 32.3 Å². The van der Waals surface area contributed by atoms with Crippen LogP contribution < -0.4 is 4.74 Å². The quantitative estimate of drug-likeness (QED) is 0.272. The molecule has 0 spiro atoms. The zero-order valence-corrected chi connectivity index (χ0v) is 18.5. The summed E-state index contributed by atoms with van der Waals surface area (Å²) in [5, 5.41) is 0. The smallest absolute Gasteiger partial charge is 0.338 e. The molecule has 3 rings (SSSR count). The van der Waals surface area contributed by atoms with Gasteiger partial charge in [0, 0.05) is 6.08 Å². The van der Waals surface area contributed by atoms with E-state index in [0.717, 1.165) is 33.6 Å². The fourth-order valence-electron chi connectivity index (χ4n) is 3.24. The number of benzene rings is 3. The summed E-state index contributed by atoms with van der Waals surface area (Å²) in [5.41, 5.74) is 5.50. The maximum Gasteiger partial charge on any atom is 0.338 e. The number of hydrogen-bond donors (Lipinski definition) is 0. The van der Waals surface area contributed by atoms with E-state index in [2.05, 4.69) is 0 Å². The van der Waals surface area contributed by atoms with Crippen LogP contribution in [0.25, 0.3) is 17.2 Å². The largest absolute Gasteiger partial charge is 0.497 e. The first-order valence-corrected chi connectivity index (χ1v) is 10.3. The lowest BCUT2D eigenvalue weighted by Gasteiger charge is -2.07. The Hall–Kier alpha value is -3.86. The van der Waals surface area contributed by atoms with E-state index in [1.807, 2.05) is 68.4 Å². The molecule has 0 aliphatic carbocycles. The second-order valence-corrected chi connectivity index (χ2v) is 7.36. The summed E-state index contributed by atoms with van der Waals surface area (Å²) in [7, 11) is 1.64. The molecule has 0 aliphatic rings. The highest BCUT2D eigenvalue weighted by Gasteiger charge is 2.08. The van der Waals surface area contributed by atoms with Crippen LogP contribution in [0.5, 0.6) is 5.75 Å². The lowest BCUT2D eigenvalue weighted by molar-refractivity contribution is -0.138. The molecule has 5 nitrogen and oxygen atoms in total. The Morgan fingerprint density at radius 1 is 0.781 bits per heavy atom. The topological polar surface area (TPSA) is 61.8 Å². The maximum absolute atomic E-state index is 12.1. The molecule has 164 valence electrons. The first kappa shape index (κ1) is 22.8. The van der Waals surface area contributed by atoms with Crippen LogP contribution in [-0.2, 0) is 14.3 Å². The Morgan fingerprint density at radius 3 is 1.94 bits per heavy atom. The number of carbonyl (C=O) groups is 2. The fraction of sp³-hybridized carbons (Fsp3) is 0.185. The van der Waals surface area contributed by atoms with Gasteiger partial charge in [0.2, 0.25) is 0 Å². The van der Waals surface area contributed by atoms with Gasteiger partial charge in [0.25, 0.3) is 0 Å². The standard InChI is InChI=1S/C27H26O5/c1-19-16-20(2)18-24(17-19)27(29)32-15-14-31-26(28)13-6-21-4-7-22(8-5-21)23-9-11-25(30-3)12-10-23/h4-13,16-18H,14-15H2,1-3H3/b13-6+. The molecule has 0 aliphatic heterocycles. The predicted molar refractivity (Wildman–Crippen MR) is 125 cm³/mol. The molecule has 0 amide bonds. The van der Waals surface area contributed by atoms with Crippen molar-refractivity contribution in [3.8, 4) is 16.9 Å². The van der Waals surface area contributed by atoms with E-state index in [-0.39, 0.29) is 13.2 Å². The zero-order valence-electron chi connectivity index (χ0n) is 18.5. The van der Waals surface area contributed by atoms with Gasteiger partial charge < -0.3 is 14.2 Å². The summed E-state index contributed by atoms with van der Waals surface area (Å²) < 4.78 is 15.4. The fourth-order valence-corrected chi connectivity index (χ4v) is 3.24. The average Bonchev–Trinajstić information content (AvgIpc) is 2.80. The van der Waals surface area contributed by atoms with Crippen LogP contribution in [0.4, 0.5) is 0 Å². The number of methoxy groups -OCH3 is 1. The van der Waals surface area contributed by atoms with Gasteiger partial charge >= 0.3 is 11.9 Å². The second-order valence-electron chi connectivity index (χ2n) is 7.36. The molecular formula is C27H26O5. The maximum atomic E-state index is 12.1. The molecule has 3 aromatic rings. The number of hydrogen-bond acceptors (Lipinski definition) is 5. The minimum absolute atomic E-state index is 0.00195. The number of ether oxygens (including phenoxy) is 3. The molecule has 0 unspecified atom stereocenters. The van der Waals surface area contributed by atoms with Crippen molar-refractivity contribution in [1.29, 1.82) is 0 Å². The van der Waals surface area contributed by atoms with Gasteiger partial charge in [-0.2, -0.15) is 0 Å². The van der Waals surface area contributed by atoms with Crippen LogP contribution in [0.2, 0.25) is 0 Å². The van der Waals surface area contributed by atoms with Gasteiger partial charge in [-0.3, -0.25) is 0 Å². The second kappa shape index (κ2) is 11.0. The summed E-state index contributed by atoms with van der Waals surface area (Å²) in [4.78, 5) is 24.0. The SMILES string of the molecule is COc1ccc(-c2ccc(/C=C/C(=O)OCCOC(=O)c3cc(C)cc(C)c3)cc2)cc1. The minimum Gasteiger partial charge on any atom is -0.497 e.